The first kappa shape index (κ1) is 18.4. The summed E-state index contributed by atoms with van der Waals surface area (Å²) in [6.45, 7) is 4.03. The van der Waals surface area contributed by atoms with Gasteiger partial charge in [-0.3, -0.25) is 9.59 Å². The summed E-state index contributed by atoms with van der Waals surface area (Å²) in [6, 6.07) is 13.2. The minimum Gasteiger partial charge on any atom is -0.339 e. The van der Waals surface area contributed by atoms with Gasteiger partial charge >= 0.3 is 0 Å². The molecule has 136 valence electrons. The molecule has 1 fully saturated rings. The number of amides is 1. The van der Waals surface area contributed by atoms with Gasteiger partial charge in [0.2, 0.25) is 0 Å². The van der Waals surface area contributed by atoms with E-state index in [4.69, 9.17) is 0 Å². The number of carbonyl (C=O) groups is 2. The van der Waals surface area contributed by atoms with Crippen LogP contribution in [0.5, 0.6) is 0 Å². The van der Waals surface area contributed by atoms with Crippen LogP contribution in [0.25, 0.3) is 0 Å². The second kappa shape index (κ2) is 7.86. The zero-order valence-electron chi connectivity index (χ0n) is 15.9. The molecule has 3 heteroatoms. The molecule has 0 spiro atoms. The van der Waals surface area contributed by atoms with Crippen LogP contribution in [0.3, 0.4) is 0 Å². The minimum atomic E-state index is -0.0888. The van der Waals surface area contributed by atoms with Crippen LogP contribution < -0.4 is 0 Å². The van der Waals surface area contributed by atoms with Crippen LogP contribution in [0.4, 0.5) is 0 Å². The summed E-state index contributed by atoms with van der Waals surface area (Å²) >= 11 is 0. The number of hydrogen-bond acceptors (Lipinski definition) is 2. The molecule has 2 aromatic carbocycles. The Morgan fingerprint density at radius 1 is 0.885 bits per heavy atom. The first-order valence-corrected chi connectivity index (χ1v) is 9.47. The molecule has 1 aliphatic carbocycles. The van der Waals surface area contributed by atoms with Crippen molar-refractivity contribution >= 4 is 11.7 Å². The van der Waals surface area contributed by atoms with Gasteiger partial charge in [-0.05, 0) is 49.9 Å². The Labute approximate surface area is 156 Å². The lowest BCUT2D eigenvalue weighted by Crippen LogP contribution is -2.38. The molecule has 3 nitrogen and oxygen atoms in total. The average Bonchev–Trinajstić information content (AvgIpc) is 2.69. The number of carbonyl (C=O) groups excluding carboxylic acids is 2. The smallest absolute Gasteiger partial charge is 0.254 e. The number of nitrogens with zero attached hydrogens (tertiary/aromatic N) is 1. The van der Waals surface area contributed by atoms with Crippen LogP contribution in [-0.4, -0.2) is 29.7 Å². The Morgan fingerprint density at radius 3 is 2.19 bits per heavy atom. The normalized spacial score (nSPS) is 14.9. The van der Waals surface area contributed by atoms with Crippen molar-refractivity contribution in [1.29, 1.82) is 0 Å². The quantitative estimate of drug-likeness (QED) is 0.733. The molecule has 0 unspecified atom stereocenters. The van der Waals surface area contributed by atoms with Gasteiger partial charge in [-0.25, -0.2) is 0 Å². The third-order valence-corrected chi connectivity index (χ3v) is 5.61. The average molecular weight is 349 g/mol. The summed E-state index contributed by atoms with van der Waals surface area (Å²) in [7, 11) is 1.87. The molecule has 0 aliphatic heterocycles. The zero-order chi connectivity index (χ0) is 18.7. The van der Waals surface area contributed by atoms with Crippen molar-refractivity contribution in [1.82, 2.24) is 4.90 Å². The van der Waals surface area contributed by atoms with Gasteiger partial charge in [0.15, 0.2) is 5.78 Å². The first-order valence-electron chi connectivity index (χ1n) is 9.47. The van der Waals surface area contributed by atoms with E-state index < -0.39 is 0 Å². The maximum Gasteiger partial charge on any atom is 0.254 e. The van der Waals surface area contributed by atoms with E-state index in [0.29, 0.717) is 16.7 Å². The summed E-state index contributed by atoms with van der Waals surface area (Å²) in [4.78, 5) is 28.0. The highest BCUT2D eigenvalue weighted by Gasteiger charge is 2.26. The van der Waals surface area contributed by atoms with Crippen LogP contribution in [0.1, 0.15) is 69.5 Å². The number of ketones is 1. The monoisotopic (exact) mass is 349 g/mol. The third kappa shape index (κ3) is 3.72. The lowest BCUT2D eigenvalue weighted by molar-refractivity contribution is 0.0692. The third-order valence-electron chi connectivity index (χ3n) is 5.61. The molecule has 1 saturated carbocycles. The fourth-order valence-corrected chi connectivity index (χ4v) is 3.73. The lowest BCUT2D eigenvalue weighted by atomic mass is 9.92. The van der Waals surface area contributed by atoms with Crippen molar-refractivity contribution in [3.8, 4) is 0 Å². The molecule has 0 saturated heterocycles. The maximum absolute atomic E-state index is 13.1. The van der Waals surface area contributed by atoms with E-state index >= 15 is 0 Å². The molecule has 0 aromatic heterocycles. The van der Waals surface area contributed by atoms with Crippen molar-refractivity contribution in [3.63, 3.8) is 0 Å². The van der Waals surface area contributed by atoms with E-state index in [-0.39, 0.29) is 17.7 Å². The molecule has 0 bridgehead atoms. The van der Waals surface area contributed by atoms with Crippen molar-refractivity contribution in [3.05, 3.63) is 70.3 Å². The Hall–Kier alpha value is -2.42. The number of rotatable bonds is 4. The number of hydrogen-bond donors (Lipinski definition) is 0. The van der Waals surface area contributed by atoms with E-state index in [2.05, 4.69) is 0 Å². The van der Waals surface area contributed by atoms with Gasteiger partial charge < -0.3 is 4.90 Å². The molecule has 1 aliphatic rings. The van der Waals surface area contributed by atoms with Gasteiger partial charge in [0.05, 0.1) is 5.56 Å². The summed E-state index contributed by atoms with van der Waals surface area (Å²) in [5.41, 5.74) is 3.86. The molecular formula is C23H27NO2. The van der Waals surface area contributed by atoms with Crippen LogP contribution >= 0.6 is 0 Å². The van der Waals surface area contributed by atoms with Gasteiger partial charge in [0.25, 0.3) is 5.91 Å². The molecular weight excluding hydrogens is 322 g/mol. The molecule has 3 rings (SSSR count). The maximum atomic E-state index is 13.1. The van der Waals surface area contributed by atoms with Crippen molar-refractivity contribution in [2.75, 3.05) is 7.05 Å². The number of benzene rings is 2. The van der Waals surface area contributed by atoms with Crippen molar-refractivity contribution in [2.24, 2.45) is 0 Å². The topological polar surface area (TPSA) is 37.4 Å². The van der Waals surface area contributed by atoms with E-state index in [1.807, 2.05) is 56.1 Å². The summed E-state index contributed by atoms with van der Waals surface area (Å²) in [6.07, 6.45) is 5.70. The van der Waals surface area contributed by atoms with Gasteiger partial charge in [-0.1, -0.05) is 49.6 Å². The summed E-state index contributed by atoms with van der Waals surface area (Å²) in [5, 5.41) is 0. The highest BCUT2D eigenvalue weighted by molar-refractivity contribution is 6.15. The molecule has 0 atom stereocenters. The molecule has 0 heterocycles. The minimum absolute atomic E-state index is 0.0512. The summed E-state index contributed by atoms with van der Waals surface area (Å²) in [5.74, 6) is -0.140. The zero-order valence-corrected chi connectivity index (χ0v) is 15.9. The lowest BCUT2D eigenvalue weighted by Gasteiger charge is -2.31. The molecule has 26 heavy (non-hydrogen) atoms. The first-order chi connectivity index (χ1) is 12.5. The fourth-order valence-electron chi connectivity index (χ4n) is 3.73. The number of aryl methyl sites for hydroxylation is 2. The van der Waals surface area contributed by atoms with Gasteiger partial charge in [-0.15, -0.1) is 0 Å². The fraction of sp³-hybridized carbons (Fsp3) is 0.391. The second-order valence-electron chi connectivity index (χ2n) is 7.38. The SMILES string of the molecule is Cc1ccc(C(=O)c2ccccc2C(=O)N(C)C2CCCCC2)cc1C. The Morgan fingerprint density at radius 2 is 1.54 bits per heavy atom. The van der Waals surface area contributed by atoms with Crippen molar-refractivity contribution in [2.45, 2.75) is 52.0 Å². The molecule has 0 N–H and O–H groups in total. The van der Waals surface area contributed by atoms with Crippen LogP contribution in [0.2, 0.25) is 0 Å². The Balaban J connectivity index is 1.90. The van der Waals surface area contributed by atoms with Crippen LogP contribution in [0.15, 0.2) is 42.5 Å². The largest absolute Gasteiger partial charge is 0.339 e. The Bertz CT molecular complexity index is 819. The predicted molar refractivity (Wildman–Crippen MR) is 105 cm³/mol. The highest BCUT2D eigenvalue weighted by Crippen LogP contribution is 2.24. The molecule has 1 amide bonds. The van der Waals surface area contributed by atoms with Crippen LogP contribution in [0, 0.1) is 13.8 Å². The molecule has 2 aromatic rings. The van der Waals surface area contributed by atoms with E-state index in [1.54, 1.807) is 12.1 Å². The van der Waals surface area contributed by atoms with Crippen LogP contribution in [-0.2, 0) is 0 Å². The summed E-state index contributed by atoms with van der Waals surface area (Å²) < 4.78 is 0. The van der Waals surface area contributed by atoms with E-state index in [1.165, 1.54) is 19.3 Å². The highest BCUT2D eigenvalue weighted by atomic mass is 16.2. The second-order valence-corrected chi connectivity index (χ2v) is 7.38. The predicted octanol–water partition coefficient (Wildman–Crippen LogP) is 4.94. The van der Waals surface area contributed by atoms with E-state index in [9.17, 15) is 9.59 Å². The Kier molecular flexibility index (Phi) is 5.55. The van der Waals surface area contributed by atoms with Gasteiger partial charge in [0.1, 0.15) is 0 Å². The molecule has 0 radical (unpaired) electrons. The standard InChI is InChI=1S/C23H27NO2/c1-16-13-14-18(15-17(16)2)22(25)20-11-7-8-12-21(20)23(26)24(3)19-9-5-4-6-10-19/h7-8,11-15,19H,4-6,9-10H2,1-3H3. The van der Waals surface area contributed by atoms with Gasteiger partial charge in [-0.2, -0.15) is 0 Å². The van der Waals surface area contributed by atoms with Crippen molar-refractivity contribution < 1.29 is 9.59 Å². The van der Waals surface area contributed by atoms with Gasteiger partial charge in [0, 0.05) is 24.2 Å². The van der Waals surface area contributed by atoms with E-state index in [0.717, 1.165) is 24.0 Å².